The van der Waals surface area contributed by atoms with Gasteiger partial charge in [-0.15, -0.1) is 0 Å². The number of hydrogen-bond donors (Lipinski definition) is 1. The Bertz CT molecular complexity index is 590. The third-order valence-corrected chi connectivity index (χ3v) is 5.18. The van der Waals surface area contributed by atoms with Crippen molar-refractivity contribution in [1.82, 2.24) is 10.2 Å². The Labute approximate surface area is 135 Å². The summed E-state index contributed by atoms with van der Waals surface area (Å²) in [6, 6.07) is 6.81. The quantitative estimate of drug-likeness (QED) is 0.911. The van der Waals surface area contributed by atoms with Gasteiger partial charge in [-0.2, -0.15) is 0 Å². The minimum absolute atomic E-state index is 0.0650. The van der Waals surface area contributed by atoms with E-state index in [2.05, 4.69) is 5.32 Å². The third-order valence-electron chi connectivity index (χ3n) is 4.94. The van der Waals surface area contributed by atoms with Crippen molar-refractivity contribution >= 4 is 23.4 Å². The minimum Gasteiger partial charge on any atom is -0.357 e. The fraction of sp³-hybridized carbons (Fsp3) is 0.529. The SMILES string of the molecule is CNC(=O)[C@@H]1C[C@H]2CCCC[C@H]2N1C(=O)c1cccc(Cl)c1. The molecule has 0 bridgehead atoms. The predicted octanol–water partition coefficient (Wildman–Crippen LogP) is 2.86. The van der Waals surface area contributed by atoms with Crippen molar-refractivity contribution in [1.29, 1.82) is 0 Å². The lowest BCUT2D eigenvalue weighted by Gasteiger charge is -2.33. The minimum atomic E-state index is -0.357. The van der Waals surface area contributed by atoms with Gasteiger partial charge in [0.15, 0.2) is 0 Å². The van der Waals surface area contributed by atoms with Gasteiger partial charge in [-0.05, 0) is 43.4 Å². The number of nitrogens with zero attached hydrogens (tertiary/aromatic N) is 1. The van der Waals surface area contributed by atoms with Crippen molar-refractivity contribution < 1.29 is 9.59 Å². The molecule has 22 heavy (non-hydrogen) atoms. The zero-order valence-electron chi connectivity index (χ0n) is 12.7. The number of hydrogen-bond acceptors (Lipinski definition) is 2. The van der Waals surface area contributed by atoms with Gasteiger partial charge in [-0.1, -0.05) is 30.5 Å². The van der Waals surface area contributed by atoms with Crippen LogP contribution in [0.5, 0.6) is 0 Å². The first-order valence-corrected chi connectivity index (χ1v) is 8.29. The molecule has 0 unspecified atom stereocenters. The van der Waals surface area contributed by atoms with Crippen LogP contribution in [0.25, 0.3) is 0 Å². The van der Waals surface area contributed by atoms with Crippen molar-refractivity contribution in [3.8, 4) is 0 Å². The molecule has 3 atom stereocenters. The summed E-state index contributed by atoms with van der Waals surface area (Å²) in [4.78, 5) is 27.0. The summed E-state index contributed by atoms with van der Waals surface area (Å²) in [6.45, 7) is 0. The molecular formula is C17H21ClN2O2. The van der Waals surface area contributed by atoms with Crippen LogP contribution in [0.1, 0.15) is 42.5 Å². The van der Waals surface area contributed by atoms with Crippen LogP contribution in [-0.2, 0) is 4.79 Å². The highest BCUT2D eigenvalue weighted by molar-refractivity contribution is 6.31. The van der Waals surface area contributed by atoms with Crippen molar-refractivity contribution in [3.63, 3.8) is 0 Å². The molecule has 1 aliphatic carbocycles. The predicted molar refractivity (Wildman–Crippen MR) is 85.8 cm³/mol. The Hall–Kier alpha value is -1.55. The molecule has 1 aromatic carbocycles. The number of carbonyl (C=O) groups excluding carboxylic acids is 2. The molecule has 1 N–H and O–H groups in total. The third kappa shape index (κ3) is 2.72. The van der Waals surface area contributed by atoms with Gasteiger partial charge in [0, 0.05) is 23.7 Å². The molecule has 1 saturated heterocycles. The Morgan fingerprint density at radius 1 is 1.27 bits per heavy atom. The zero-order valence-corrected chi connectivity index (χ0v) is 13.5. The molecule has 3 rings (SSSR count). The number of rotatable bonds is 2. The molecule has 1 heterocycles. The molecule has 1 aliphatic heterocycles. The van der Waals surface area contributed by atoms with Crippen LogP contribution >= 0.6 is 11.6 Å². The monoisotopic (exact) mass is 320 g/mol. The number of carbonyl (C=O) groups is 2. The van der Waals surface area contributed by atoms with Crippen LogP contribution in [0.2, 0.25) is 5.02 Å². The molecule has 4 nitrogen and oxygen atoms in total. The summed E-state index contributed by atoms with van der Waals surface area (Å²) in [7, 11) is 1.63. The van der Waals surface area contributed by atoms with E-state index >= 15 is 0 Å². The number of likely N-dealkylation sites (N-methyl/N-ethyl adjacent to an activating group) is 1. The summed E-state index contributed by atoms with van der Waals surface area (Å²) < 4.78 is 0. The molecule has 0 spiro atoms. The molecular weight excluding hydrogens is 300 g/mol. The Morgan fingerprint density at radius 3 is 2.77 bits per heavy atom. The van der Waals surface area contributed by atoms with E-state index in [0.29, 0.717) is 16.5 Å². The molecule has 1 saturated carbocycles. The van der Waals surface area contributed by atoms with Crippen molar-refractivity contribution in [2.45, 2.75) is 44.2 Å². The van der Waals surface area contributed by atoms with Crippen LogP contribution in [0.3, 0.4) is 0 Å². The molecule has 1 aromatic rings. The van der Waals surface area contributed by atoms with E-state index in [1.54, 1.807) is 31.3 Å². The first-order valence-electron chi connectivity index (χ1n) is 7.91. The standard InChI is InChI=1S/C17H21ClN2O2/c1-19-16(21)15-10-11-5-2-3-8-14(11)20(15)17(22)12-6-4-7-13(18)9-12/h4,6-7,9,11,14-15H,2-3,5,8,10H2,1H3,(H,19,21)/t11-,14-,15+/m1/s1. The highest BCUT2D eigenvalue weighted by atomic mass is 35.5. The molecule has 0 aromatic heterocycles. The summed E-state index contributed by atoms with van der Waals surface area (Å²) in [5.74, 6) is 0.300. The van der Waals surface area contributed by atoms with E-state index in [1.165, 1.54) is 6.42 Å². The Morgan fingerprint density at radius 2 is 2.05 bits per heavy atom. The molecule has 118 valence electrons. The first kappa shape index (κ1) is 15.3. The highest BCUT2D eigenvalue weighted by Crippen LogP contribution is 2.40. The van der Waals surface area contributed by atoms with E-state index in [9.17, 15) is 9.59 Å². The summed E-state index contributed by atoms with van der Waals surface area (Å²) >= 11 is 6.01. The normalized spacial score (nSPS) is 27.4. The van der Waals surface area contributed by atoms with E-state index in [0.717, 1.165) is 25.7 Å². The second-order valence-corrected chi connectivity index (χ2v) is 6.64. The van der Waals surface area contributed by atoms with Crippen molar-refractivity contribution in [2.24, 2.45) is 5.92 Å². The summed E-state index contributed by atoms with van der Waals surface area (Å²) in [6.07, 6.45) is 5.19. The summed E-state index contributed by atoms with van der Waals surface area (Å²) in [5.41, 5.74) is 0.563. The number of amides is 2. The Balaban J connectivity index is 1.92. The van der Waals surface area contributed by atoms with Gasteiger partial charge in [0.25, 0.3) is 5.91 Å². The van der Waals surface area contributed by atoms with Gasteiger partial charge in [-0.25, -0.2) is 0 Å². The van der Waals surface area contributed by atoms with Gasteiger partial charge in [-0.3, -0.25) is 9.59 Å². The molecule has 2 amide bonds. The van der Waals surface area contributed by atoms with E-state index in [-0.39, 0.29) is 23.9 Å². The van der Waals surface area contributed by atoms with Gasteiger partial charge in [0.05, 0.1) is 0 Å². The average Bonchev–Trinajstić information content (AvgIpc) is 2.92. The Kier molecular flexibility index (Phi) is 4.39. The van der Waals surface area contributed by atoms with Crippen molar-refractivity contribution in [2.75, 3.05) is 7.05 Å². The van der Waals surface area contributed by atoms with Crippen LogP contribution in [0.4, 0.5) is 0 Å². The lowest BCUT2D eigenvalue weighted by molar-refractivity contribution is -0.124. The fourth-order valence-electron chi connectivity index (χ4n) is 3.92. The van der Waals surface area contributed by atoms with Gasteiger partial charge < -0.3 is 10.2 Å². The fourth-order valence-corrected chi connectivity index (χ4v) is 4.11. The number of nitrogens with one attached hydrogen (secondary N) is 1. The smallest absolute Gasteiger partial charge is 0.254 e. The molecule has 2 aliphatic rings. The number of benzene rings is 1. The van der Waals surface area contributed by atoms with Crippen LogP contribution in [0.15, 0.2) is 24.3 Å². The van der Waals surface area contributed by atoms with Gasteiger partial charge >= 0.3 is 0 Å². The van der Waals surface area contributed by atoms with Gasteiger partial charge in [0.2, 0.25) is 5.91 Å². The lowest BCUT2D eigenvalue weighted by atomic mass is 9.84. The number of fused-ring (bicyclic) bond motifs is 1. The van der Waals surface area contributed by atoms with Crippen LogP contribution < -0.4 is 5.32 Å². The topological polar surface area (TPSA) is 49.4 Å². The first-order chi connectivity index (χ1) is 10.6. The molecule has 5 heteroatoms. The maximum absolute atomic E-state index is 13.0. The van der Waals surface area contributed by atoms with E-state index in [4.69, 9.17) is 11.6 Å². The maximum Gasteiger partial charge on any atom is 0.254 e. The van der Waals surface area contributed by atoms with E-state index < -0.39 is 0 Å². The van der Waals surface area contributed by atoms with E-state index in [1.807, 2.05) is 4.90 Å². The lowest BCUT2D eigenvalue weighted by Crippen LogP contribution is -2.49. The molecule has 2 fully saturated rings. The maximum atomic E-state index is 13.0. The van der Waals surface area contributed by atoms with Gasteiger partial charge in [0.1, 0.15) is 6.04 Å². The average molecular weight is 321 g/mol. The van der Waals surface area contributed by atoms with Crippen LogP contribution in [-0.4, -0.2) is 35.8 Å². The van der Waals surface area contributed by atoms with Crippen molar-refractivity contribution in [3.05, 3.63) is 34.9 Å². The van der Waals surface area contributed by atoms with Crippen LogP contribution in [0, 0.1) is 5.92 Å². The second-order valence-electron chi connectivity index (χ2n) is 6.20. The highest BCUT2D eigenvalue weighted by Gasteiger charge is 2.47. The largest absolute Gasteiger partial charge is 0.357 e. The summed E-state index contributed by atoms with van der Waals surface area (Å²) in [5, 5.41) is 3.25. The number of likely N-dealkylation sites (tertiary alicyclic amines) is 1. The second kappa shape index (κ2) is 6.29. The zero-order chi connectivity index (χ0) is 15.7. The molecule has 0 radical (unpaired) electrons. The number of halogens is 1.